The van der Waals surface area contributed by atoms with Gasteiger partial charge in [-0.2, -0.15) is 5.26 Å². The smallest absolute Gasteiger partial charge is 0.415 e. The first-order valence-corrected chi connectivity index (χ1v) is 12.3. The number of nitrogens with zero attached hydrogens (tertiary/aromatic N) is 3. The predicted octanol–water partition coefficient (Wildman–Crippen LogP) is 4.87. The van der Waals surface area contributed by atoms with Gasteiger partial charge in [-0.05, 0) is 101 Å². The summed E-state index contributed by atoms with van der Waals surface area (Å²) in [4.78, 5) is 30.4. The van der Waals surface area contributed by atoms with E-state index in [2.05, 4.69) is 6.07 Å². The molecule has 4 bridgehead atoms. The molecule has 1 aromatic carbocycles. The lowest BCUT2D eigenvalue weighted by atomic mass is 9.54. The fraction of sp³-hybridized carbons (Fsp3) is 0.654. The van der Waals surface area contributed by atoms with E-state index in [-0.39, 0.29) is 11.5 Å². The molecule has 1 aliphatic heterocycles. The van der Waals surface area contributed by atoms with Crippen LogP contribution in [0.25, 0.3) is 0 Å². The number of likely N-dealkylation sites (tertiary alicyclic amines) is 1. The van der Waals surface area contributed by atoms with Gasteiger partial charge in [-0.25, -0.2) is 4.79 Å². The lowest BCUT2D eigenvalue weighted by molar-refractivity contribution is -0.135. The Kier molecular flexibility index (Phi) is 5.61. The Morgan fingerprint density at radius 3 is 2.31 bits per heavy atom. The molecule has 170 valence electrons. The Bertz CT molecular complexity index is 895. The van der Waals surface area contributed by atoms with Crippen LogP contribution in [-0.2, 0) is 9.53 Å². The summed E-state index contributed by atoms with van der Waals surface area (Å²) in [5, 5.41) is 9.39. The van der Waals surface area contributed by atoms with Crippen LogP contribution >= 0.6 is 0 Å². The number of carbonyl (C=O) groups is 2. The van der Waals surface area contributed by atoms with Gasteiger partial charge in [-0.3, -0.25) is 9.69 Å². The molecule has 1 saturated heterocycles. The molecule has 1 aromatic rings. The third kappa shape index (κ3) is 3.98. The second-order valence-electron chi connectivity index (χ2n) is 10.6. The van der Waals surface area contributed by atoms with Gasteiger partial charge in [-0.1, -0.05) is 6.07 Å². The van der Waals surface area contributed by atoms with Crippen molar-refractivity contribution in [2.24, 2.45) is 17.8 Å². The van der Waals surface area contributed by atoms with Gasteiger partial charge >= 0.3 is 6.09 Å². The fourth-order valence-corrected chi connectivity index (χ4v) is 7.09. The lowest BCUT2D eigenvalue weighted by Crippen LogP contribution is -2.56. The standard InChI is InChI=1S/C26H33N3O3/c1-18(24(30)28-8-3-2-4-9-28)29(23-7-5-6-19(13-23)17-27)25(31)32-26-14-20-10-21(15-26)12-22(11-20)16-26/h5-7,13,18,20-22H,2-4,8-12,14-16H2,1H3/t18-,20?,21?,22?,26?/m0/s1. The van der Waals surface area contributed by atoms with Crippen LogP contribution in [0, 0.1) is 29.1 Å². The van der Waals surface area contributed by atoms with Gasteiger partial charge in [0.2, 0.25) is 5.91 Å². The second-order valence-corrected chi connectivity index (χ2v) is 10.6. The minimum Gasteiger partial charge on any atom is -0.442 e. The molecule has 0 unspecified atom stereocenters. The van der Waals surface area contributed by atoms with Crippen LogP contribution in [0.2, 0.25) is 0 Å². The van der Waals surface area contributed by atoms with Crippen LogP contribution in [0.4, 0.5) is 10.5 Å². The minimum absolute atomic E-state index is 0.0467. The summed E-state index contributed by atoms with van der Waals surface area (Å²) in [6, 6.07) is 8.42. The van der Waals surface area contributed by atoms with Gasteiger partial charge in [0.15, 0.2) is 0 Å². The molecule has 5 fully saturated rings. The molecule has 5 aliphatic rings. The van der Waals surface area contributed by atoms with Crippen molar-refractivity contribution >= 4 is 17.7 Å². The van der Waals surface area contributed by atoms with Crippen LogP contribution in [0.3, 0.4) is 0 Å². The van der Waals surface area contributed by atoms with E-state index in [1.54, 1.807) is 31.2 Å². The summed E-state index contributed by atoms with van der Waals surface area (Å²) < 4.78 is 6.33. The average Bonchev–Trinajstić information content (AvgIpc) is 2.78. The maximum Gasteiger partial charge on any atom is 0.415 e. The molecule has 1 heterocycles. The van der Waals surface area contributed by atoms with Crippen molar-refractivity contribution in [3.05, 3.63) is 29.8 Å². The number of nitriles is 1. The number of ether oxygens (including phenoxy) is 1. The summed E-state index contributed by atoms with van der Waals surface area (Å²) >= 11 is 0. The van der Waals surface area contributed by atoms with E-state index in [1.165, 1.54) is 24.2 Å². The van der Waals surface area contributed by atoms with Gasteiger partial charge < -0.3 is 9.64 Å². The third-order valence-corrected chi connectivity index (χ3v) is 8.15. The zero-order valence-corrected chi connectivity index (χ0v) is 19.0. The maximum atomic E-state index is 13.7. The fourth-order valence-electron chi connectivity index (χ4n) is 7.09. The Labute approximate surface area is 190 Å². The van der Waals surface area contributed by atoms with Crippen LogP contribution < -0.4 is 4.90 Å². The number of benzene rings is 1. The monoisotopic (exact) mass is 435 g/mol. The molecule has 6 nitrogen and oxygen atoms in total. The molecule has 4 aliphatic carbocycles. The highest BCUT2D eigenvalue weighted by molar-refractivity contribution is 5.97. The summed E-state index contributed by atoms with van der Waals surface area (Å²) in [6.07, 6.45) is 9.36. The van der Waals surface area contributed by atoms with Gasteiger partial charge in [0.25, 0.3) is 0 Å². The van der Waals surface area contributed by atoms with Crippen molar-refractivity contribution in [3.63, 3.8) is 0 Å². The van der Waals surface area contributed by atoms with Gasteiger partial charge in [-0.15, -0.1) is 0 Å². The number of rotatable bonds is 4. The van der Waals surface area contributed by atoms with E-state index in [0.29, 0.717) is 29.0 Å². The first-order valence-electron chi connectivity index (χ1n) is 12.3. The maximum absolute atomic E-state index is 13.7. The molecular formula is C26H33N3O3. The molecule has 0 spiro atoms. The summed E-state index contributed by atoms with van der Waals surface area (Å²) in [5.41, 5.74) is 0.634. The van der Waals surface area contributed by atoms with Crippen molar-refractivity contribution in [1.82, 2.24) is 4.90 Å². The Hall–Kier alpha value is -2.55. The molecule has 6 rings (SSSR count). The lowest BCUT2D eigenvalue weighted by Gasteiger charge is -2.56. The quantitative estimate of drug-likeness (QED) is 0.676. The predicted molar refractivity (Wildman–Crippen MR) is 121 cm³/mol. The SMILES string of the molecule is C[C@@H](C(=O)N1CCCCC1)N(C(=O)OC12CC3CC(CC(C3)C1)C2)c1cccc(C#N)c1. The Morgan fingerprint density at radius 2 is 1.72 bits per heavy atom. The molecule has 0 radical (unpaired) electrons. The highest BCUT2D eigenvalue weighted by Crippen LogP contribution is 2.57. The van der Waals surface area contributed by atoms with E-state index >= 15 is 0 Å². The first-order chi connectivity index (χ1) is 15.5. The van der Waals surface area contributed by atoms with Crippen molar-refractivity contribution in [1.29, 1.82) is 5.26 Å². The number of hydrogen-bond donors (Lipinski definition) is 0. The normalized spacial score (nSPS) is 31.6. The van der Waals surface area contributed by atoms with Crippen LogP contribution in [0.5, 0.6) is 0 Å². The number of piperidine rings is 1. The van der Waals surface area contributed by atoms with Gasteiger partial charge in [0.1, 0.15) is 11.6 Å². The largest absolute Gasteiger partial charge is 0.442 e. The van der Waals surface area contributed by atoms with Gasteiger partial charge in [0.05, 0.1) is 11.6 Å². The Morgan fingerprint density at radius 1 is 1.09 bits per heavy atom. The van der Waals surface area contributed by atoms with Crippen molar-refractivity contribution in [2.75, 3.05) is 18.0 Å². The second kappa shape index (κ2) is 8.42. The van der Waals surface area contributed by atoms with Crippen LogP contribution in [-0.4, -0.2) is 41.6 Å². The molecule has 4 saturated carbocycles. The minimum atomic E-state index is -0.677. The van der Waals surface area contributed by atoms with Crippen molar-refractivity contribution in [3.8, 4) is 6.07 Å². The summed E-state index contributed by atoms with van der Waals surface area (Å²) in [5.74, 6) is 1.94. The zero-order valence-electron chi connectivity index (χ0n) is 19.0. The van der Waals surface area contributed by atoms with Gasteiger partial charge in [0, 0.05) is 18.8 Å². The van der Waals surface area contributed by atoms with E-state index in [0.717, 1.165) is 51.6 Å². The van der Waals surface area contributed by atoms with Crippen molar-refractivity contribution in [2.45, 2.75) is 76.4 Å². The van der Waals surface area contributed by atoms with E-state index in [4.69, 9.17) is 4.74 Å². The van der Waals surface area contributed by atoms with Crippen molar-refractivity contribution < 1.29 is 14.3 Å². The summed E-state index contributed by atoms with van der Waals surface area (Å²) in [6.45, 7) is 3.26. The number of amides is 2. The number of carbonyl (C=O) groups excluding carboxylic acids is 2. The molecule has 0 N–H and O–H groups in total. The van der Waals surface area contributed by atoms with Crippen LogP contribution in [0.15, 0.2) is 24.3 Å². The van der Waals surface area contributed by atoms with E-state index in [1.807, 2.05) is 4.90 Å². The third-order valence-electron chi connectivity index (χ3n) is 8.15. The topological polar surface area (TPSA) is 73.6 Å². The number of anilines is 1. The zero-order chi connectivity index (χ0) is 22.3. The molecule has 0 aromatic heterocycles. The van der Waals surface area contributed by atoms with Crippen LogP contribution in [0.1, 0.15) is 70.3 Å². The Balaban J connectivity index is 1.42. The highest BCUT2D eigenvalue weighted by Gasteiger charge is 2.54. The molecular weight excluding hydrogens is 402 g/mol. The molecule has 32 heavy (non-hydrogen) atoms. The summed E-state index contributed by atoms with van der Waals surface area (Å²) in [7, 11) is 0. The number of hydrogen-bond acceptors (Lipinski definition) is 4. The van der Waals surface area contributed by atoms with E-state index < -0.39 is 12.1 Å². The average molecular weight is 436 g/mol. The highest BCUT2D eigenvalue weighted by atomic mass is 16.6. The first kappa shape index (κ1) is 21.3. The van der Waals surface area contributed by atoms with E-state index in [9.17, 15) is 14.9 Å². The molecule has 1 atom stereocenters. The molecule has 2 amide bonds. The molecule has 6 heteroatoms.